The van der Waals surface area contributed by atoms with Crippen molar-refractivity contribution in [2.45, 2.75) is 19.4 Å². The second kappa shape index (κ2) is 6.84. The molecule has 0 amide bonds. The molecule has 0 aliphatic heterocycles. The number of alkyl halides is 2. The molecule has 4 nitrogen and oxygen atoms in total. The maximum Gasteiger partial charge on any atom is 0.266 e. The molecule has 1 N–H and O–H groups in total. The predicted octanol–water partition coefficient (Wildman–Crippen LogP) is 5.89. The van der Waals surface area contributed by atoms with Gasteiger partial charge in [0, 0.05) is 27.8 Å². The minimum atomic E-state index is -2.87. The molecule has 0 radical (unpaired) electrons. The van der Waals surface area contributed by atoms with Crippen molar-refractivity contribution in [2.24, 2.45) is 0 Å². The van der Waals surface area contributed by atoms with E-state index in [9.17, 15) is 13.2 Å². The first-order chi connectivity index (χ1) is 13.0. The third-order valence-electron chi connectivity index (χ3n) is 4.42. The summed E-state index contributed by atoms with van der Waals surface area (Å²) in [6.45, 7) is 1.70. The van der Waals surface area contributed by atoms with Crippen molar-refractivity contribution < 1.29 is 13.2 Å². The van der Waals surface area contributed by atoms with E-state index >= 15 is 0 Å². The van der Waals surface area contributed by atoms with E-state index in [2.05, 4.69) is 31.2 Å². The summed E-state index contributed by atoms with van der Waals surface area (Å²) < 4.78 is 43.2. The number of benzene rings is 2. The van der Waals surface area contributed by atoms with Gasteiger partial charge in [-0.1, -0.05) is 34.1 Å². The molecule has 27 heavy (non-hydrogen) atoms. The Hall–Kier alpha value is -2.61. The first-order valence-corrected chi connectivity index (χ1v) is 9.00. The number of nitrogens with one attached hydrogen (secondary N) is 1. The van der Waals surface area contributed by atoms with Crippen LogP contribution in [0.4, 0.5) is 19.0 Å². The predicted molar refractivity (Wildman–Crippen MR) is 102 cm³/mol. The molecule has 0 saturated carbocycles. The lowest BCUT2D eigenvalue weighted by Crippen LogP contribution is -2.12. The van der Waals surface area contributed by atoms with E-state index < -0.39 is 23.8 Å². The van der Waals surface area contributed by atoms with Crippen LogP contribution < -0.4 is 5.32 Å². The Balaban J connectivity index is 1.81. The SMILES string of the molecule is C[C@@H](Nc1nc2nccn2c2ccc(Br)cc12)c1cccc(C(F)F)c1F. The molecule has 0 aliphatic carbocycles. The molecule has 2 heterocycles. The summed E-state index contributed by atoms with van der Waals surface area (Å²) >= 11 is 3.45. The number of anilines is 1. The van der Waals surface area contributed by atoms with E-state index in [-0.39, 0.29) is 5.56 Å². The highest BCUT2D eigenvalue weighted by Gasteiger charge is 2.20. The van der Waals surface area contributed by atoms with Gasteiger partial charge in [-0.05, 0) is 25.1 Å². The molecule has 0 unspecified atom stereocenters. The smallest absolute Gasteiger partial charge is 0.266 e. The van der Waals surface area contributed by atoms with Gasteiger partial charge in [0.15, 0.2) is 0 Å². The van der Waals surface area contributed by atoms with Crippen LogP contribution >= 0.6 is 15.9 Å². The van der Waals surface area contributed by atoms with E-state index in [1.54, 1.807) is 19.3 Å². The number of hydrogen-bond acceptors (Lipinski definition) is 3. The van der Waals surface area contributed by atoms with Crippen LogP contribution in [0.1, 0.15) is 30.5 Å². The fourth-order valence-corrected chi connectivity index (χ4v) is 3.46. The Bertz CT molecular complexity index is 1140. The van der Waals surface area contributed by atoms with Gasteiger partial charge < -0.3 is 5.32 Å². The second-order valence-corrected chi connectivity index (χ2v) is 7.05. The Morgan fingerprint density at radius 1 is 1.15 bits per heavy atom. The van der Waals surface area contributed by atoms with Crippen LogP contribution in [0.15, 0.2) is 53.3 Å². The molecule has 0 bridgehead atoms. The number of nitrogens with zero attached hydrogens (tertiary/aromatic N) is 3. The second-order valence-electron chi connectivity index (χ2n) is 6.14. The molecule has 8 heteroatoms. The Morgan fingerprint density at radius 2 is 1.93 bits per heavy atom. The molecule has 138 valence electrons. The highest BCUT2D eigenvalue weighted by molar-refractivity contribution is 9.10. The number of rotatable bonds is 4. The van der Waals surface area contributed by atoms with E-state index in [1.165, 1.54) is 12.1 Å². The lowest BCUT2D eigenvalue weighted by molar-refractivity contribution is 0.146. The van der Waals surface area contributed by atoms with E-state index in [0.717, 1.165) is 21.4 Å². The topological polar surface area (TPSA) is 42.2 Å². The lowest BCUT2D eigenvalue weighted by atomic mass is 10.0. The normalized spacial score (nSPS) is 12.8. The van der Waals surface area contributed by atoms with E-state index in [4.69, 9.17) is 0 Å². The van der Waals surface area contributed by atoms with Crippen molar-refractivity contribution in [3.8, 4) is 0 Å². The van der Waals surface area contributed by atoms with Crippen LogP contribution in [0, 0.1) is 5.82 Å². The highest BCUT2D eigenvalue weighted by Crippen LogP contribution is 2.31. The average Bonchev–Trinajstić information content (AvgIpc) is 3.10. The maximum absolute atomic E-state index is 14.5. The van der Waals surface area contributed by atoms with Crippen molar-refractivity contribution in [3.05, 3.63) is 70.2 Å². The first-order valence-electron chi connectivity index (χ1n) is 8.21. The molecule has 0 saturated heterocycles. The number of hydrogen-bond donors (Lipinski definition) is 1. The molecule has 4 rings (SSSR count). The zero-order chi connectivity index (χ0) is 19.1. The molecular formula is C19H14BrF3N4. The van der Waals surface area contributed by atoms with Crippen molar-refractivity contribution in [1.29, 1.82) is 0 Å². The monoisotopic (exact) mass is 434 g/mol. The van der Waals surface area contributed by atoms with Gasteiger partial charge in [-0.2, -0.15) is 4.98 Å². The Labute approximate surface area is 161 Å². The molecule has 0 fully saturated rings. The summed E-state index contributed by atoms with van der Waals surface area (Å²) in [6, 6.07) is 9.16. The fraction of sp³-hybridized carbons (Fsp3) is 0.158. The van der Waals surface area contributed by atoms with Crippen LogP contribution in [0.3, 0.4) is 0 Å². The third-order valence-corrected chi connectivity index (χ3v) is 4.91. The van der Waals surface area contributed by atoms with Gasteiger partial charge in [0.25, 0.3) is 6.43 Å². The van der Waals surface area contributed by atoms with Crippen LogP contribution in [-0.4, -0.2) is 14.4 Å². The molecule has 0 spiro atoms. The number of halogens is 4. The number of imidazole rings is 1. The minimum Gasteiger partial charge on any atom is -0.363 e. The van der Waals surface area contributed by atoms with Crippen LogP contribution in [0.5, 0.6) is 0 Å². The lowest BCUT2D eigenvalue weighted by Gasteiger charge is -2.19. The zero-order valence-corrected chi connectivity index (χ0v) is 15.7. The Kier molecular flexibility index (Phi) is 4.51. The fourth-order valence-electron chi connectivity index (χ4n) is 3.10. The zero-order valence-electron chi connectivity index (χ0n) is 14.1. The van der Waals surface area contributed by atoms with Gasteiger partial charge in [-0.3, -0.25) is 4.40 Å². The van der Waals surface area contributed by atoms with E-state index in [0.29, 0.717) is 11.6 Å². The van der Waals surface area contributed by atoms with Gasteiger partial charge in [0.05, 0.1) is 17.1 Å². The standard InChI is InChI=1S/C19H14BrF3N4/c1-10(12-3-2-4-13(16(12)21)17(22)23)25-18-14-9-11(20)5-6-15(14)27-8-7-24-19(27)26-18/h2-10,17H,1H3,(H,24,25,26)/t10-/m1/s1. The minimum absolute atomic E-state index is 0.154. The molecule has 2 aromatic carbocycles. The van der Waals surface area contributed by atoms with Crippen molar-refractivity contribution >= 4 is 38.4 Å². The van der Waals surface area contributed by atoms with Crippen LogP contribution in [0.25, 0.3) is 16.7 Å². The first kappa shape index (κ1) is 17.8. The summed E-state index contributed by atoms with van der Waals surface area (Å²) in [6.07, 6.45) is 0.578. The van der Waals surface area contributed by atoms with Crippen molar-refractivity contribution in [1.82, 2.24) is 14.4 Å². The van der Waals surface area contributed by atoms with Crippen LogP contribution in [0.2, 0.25) is 0 Å². The Morgan fingerprint density at radius 3 is 2.70 bits per heavy atom. The molecule has 1 atom stereocenters. The van der Waals surface area contributed by atoms with Gasteiger partial charge >= 0.3 is 0 Å². The van der Waals surface area contributed by atoms with Gasteiger partial charge in [-0.25, -0.2) is 18.2 Å². The molecule has 2 aromatic heterocycles. The van der Waals surface area contributed by atoms with Crippen molar-refractivity contribution in [3.63, 3.8) is 0 Å². The molecular weight excluding hydrogens is 421 g/mol. The quantitative estimate of drug-likeness (QED) is 0.435. The molecule has 4 aromatic rings. The van der Waals surface area contributed by atoms with Gasteiger partial charge in [0.2, 0.25) is 5.78 Å². The van der Waals surface area contributed by atoms with Gasteiger partial charge in [0.1, 0.15) is 11.6 Å². The van der Waals surface area contributed by atoms with E-state index in [1.807, 2.05) is 22.6 Å². The number of fused-ring (bicyclic) bond motifs is 3. The third kappa shape index (κ3) is 3.14. The molecule has 0 aliphatic rings. The summed E-state index contributed by atoms with van der Waals surface area (Å²) in [5.74, 6) is 0.0838. The summed E-state index contributed by atoms with van der Waals surface area (Å²) in [7, 11) is 0. The summed E-state index contributed by atoms with van der Waals surface area (Å²) in [4.78, 5) is 8.72. The summed E-state index contributed by atoms with van der Waals surface area (Å²) in [5, 5.41) is 3.95. The average molecular weight is 435 g/mol. The van der Waals surface area contributed by atoms with Crippen molar-refractivity contribution in [2.75, 3.05) is 5.32 Å². The number of aromatic nitrogens is 3. The van der Waals surface area contributed by atoms with Gasteiger partial charge in [-0.15, -0.1) is 0 Å². The van der Waals surface area contributed by atoms with Crippen LogP contribution in [-0.2, 0) is 0 Å². The highest BCUT2D eigenvalue weighted by atomic mass is 79.9. The summed E-state index contributed by atoms with van der Waals surface area (Å²) in [5.41, 5.74) is 0.420. The largest absolute Gasteiger partial charge is 0.363 e. The maximum atomic E-state index is 14.5.